The number of hydrogen-bond acceptors (Lipinski definition) is 4. The Balaban J connectivity index is 1.27. The Morgan fingerprint density at radius 3 is 2.67 bits per heavy atom. The van der Waals surface area contributed by atoms with Gasteiger partial charge in [-0.3, -0.25) is 9.79 Å². The highest BCUT2D eigenvalue weighted by molar-refractivity contribution is 5.94. The molecule has 1 aromatic carbocycles. The lowest BCUT2D eigenvalue weighted by Gasteiger charge is -2.28. The van der Waals surface area contributed by atoms with E-state index in [-0.39, 0.29) is 5.91 Å². The number of allylic oxidation sites excluding steroid dienone is 1. The monoisotopic (exact) mass is 403 g/mol. The maximum Gasteiger partial charge on any atom is 0.254 e. The number of rotatable bonds is 5. The standard InChI is InChI=1S/C24H29N5O/c30-24(28-15-3-4-23(28)18-27-13-1-2-14-27)20-5-7-22(8-6-20)29-17-21(16-26-29)19-9-11-25-12-10-19/h5-9,11,16-17,23H,1-4,10,12-15,18H2. The van der Waals surface area contributed by atoms with Crippen LogP contribution in [0.2, 0.25) is 0 Å². The number of hydrogen-bond donors (Lipinski definition) is 0. The Kier molecular flexibility index (Phi) is 5.49. The number of aromatic nitrogens is 2. The van der Waals surface area contributed by atoms with Gasteiger partial charge in [0.1, 0.15) is 0 Å². The van der Waals surface area contributed by atoms with Crippen LogP contribution in [0.1, 0.15) is 48.0 Å². The summed E-state index contributed by atoms with van der Waals surface area (Å²) in [5.41, 5.74) is 4.13. The lowest BCUT2D eigenvalue weighted by molar-refractivity contribution is 0.0709. The Hall–Kier alpha value is -2.73. The van der Waals surface area contributed by atoms with Gasteiger partial charge >= 0.3 is 0 Å². The van der Waals surface area contributed by atoms with Gasteiger partial charge in [-0.1, -0.05) is 0 Å². The normalized spacial score (nSPS) is 21.9. The maximum atomic E-state index is 13.2. The van der Waals surface area contributed by atoms with Crippen LogP contribution < -0.4 is 0 Å². The Morgan fingerprint density at radius 1 is 1.07 bits per heavy atom. The zero-order valence-corrected chi connectivity index (χ0v) is 17.4. The van der Waals surface area contributed by atoms with Gasteiger partial charge in [0, 0.05) is 49.2 Å². The molecule has 2 aromatic rings. The van der Waals surface area contributed by atoms with Gasteiger partial charge in [0.15, 0.2) is 0 Å². The van der Waals surface area contributed by atoms with Crippen molar-refractivity contribution in [3.05, 3.63) is 53.9 Å². The average molecular weight is 404 g/mol. The Morgan fingerprint density at radius 2 is 1.90 bits per heavy atom. The Bertz CT molecular complexity index is 952. The highest BCUT2D eigenvalue weighted by Gasteiger charge is 2.31. The van der Waals surface area contributed by atoms with Crippen LogP contribution in [0.15, 0.2) is 47.7 Å². The lowest BCUT2D eigenvalue weighted by Crippen LogP contribution is -2.42. The number of nitrogens with zero attached hydrogens (tertiary/aromatic N) is 5. The molecule has 6 heteroatoms. The van der Waals surface area contributed by atoms with Crippen LogP contribution in [0.25, 0.3) is 11.3 Å². The third-order valence-corrected chi connectivity index (χ3v) is 6.53. The van der Waals surface area contributed by atoms with Crippen LogP contribution >= 0.6 is 0 Å². The summed E-state index contributed by atoms with van der Waals surface area (Å²) in [6, 6.07) is 8.22. The number of carbonyl (C=O) groups is 1. The topological polar surface area (TPSA) is 53.7 Å². The van der Waals surface area contributed by atoms with E-state index in [1.165, 1.54) is 31.5 Å². The van der Waals surface area contributed by atoms with Crippen LogP contribution in [0.5, 0.6) is 0 Å². The summed E-state index contributed by atoms with van der Waals surface area (Å²) in [4.78, 5) is 22.0. The fourth-order valence-electron chi connectivity index (χ4n) is 4.83. The fourth-order valence-corrected chi connectivity index (χ4v) is 4.83. The number of amides is 1. The highest BCUT2D eigenvalue weighted by Crippen LogP contribution is 2.24. The van der Waals surface area contributed by atoms with Crippen molar-refractivity contribution < 1.29 is 4.79 Å². The van der Waals surface area contributed by atoms with Gasteiger partial charge in [0.2, 0.25) is 0 Å². The van der Waals surface area contributed by atoms with Crippen molar-refractivity contribution in [1.82, 2.24) is 19.6 Å². The molecule has 1 aromatic heterocycles. The van der Waals surface area contributed by atoms with Gasteiger partial charge in [-0.05, 0) is 81.1 Å². The fraction of sp³-hybridized carbons (Fsp3) is 0.458. The zero-order valence-electron chi connectivity index (χ0n) is 17.4. The van der Waals surface area contributed by atoms with Crippen molar-refractivity contribution in [3.8, 4) is 5.69 Å². The minimum atomic E-state index is 0.163. The number of benzene rings is 1. The first-order valence-electron chi connectivity index (χ1n) is 11.2. The van der Waals surface area contributed by atoms with Gasteiger partial charge in [-0.15, -0.1) is 0 Å². The molecule has 0 bridgehead atoms. The number of likely N-dealkylation sites (tertiary alicyclic amines) is 2. The third-order valence-electron chi connectivity index (χ3n) is 6.53. The lowest BCUT2D eigenvalue weighted by atomic mass is 10.1. The SMILES string of the molecule is O=C(c1ccc(-n2cc(C3=CC=NCC3)cn2)cc1)N1CCCC1CN1CCCC1. The molecule has 1 amide bonds. The average Bonchev–Trinajstić information content (AvgIpc) is 3.57. The second kappa shape index (κ2) is 8.56. The number of aliphatic imine (C=N–C) groups is 1. The third kappa shape index (κ3) is 3.97. The predicted molar refractivity (Wildman–Crippen MR) is 119 cm³/mol. The summed E-state index contributed by atoms with van der Waals surface area (Å²) in [5.74, 6) is 0.163. The molecule has 1 unspecified atom stereocenters. The van der Waals surface area contributed by atoms with Crippen LogP contribution in [0.4, 0.5) is 0 Å². The van der Waals surface area contributed by atoms with Crippen molar-refractivity contribution in [2.75, 3.05) is 32.7 Å². The van der Waals surface area contributed by atoms with E-state index in [0.717, 1.165) is 55.7 Å². The molecule has 6 nitrogen and oxygen atoms in total. The molecule has 5 rings (SSSR count). The molecule has 4 heterocycles. The second-order valence-electron chi connectivity index (χ2n) is 8.52. The van der Waals surface area contributed by atoms with Crippen LogP contribution in [-0.4, -0.2) is 70.5 Å². The van der Waals surface area contributed by atoms with Crippen LogP contribution in [0.3, 0.4) is 0 Å². The van der Waals surface area contributed by atoms with Gasteiger partial charge < -0.3 is 9.80 Å². The largest absolute Gasteiger partial charge is 0.334 e. The molecule has 3 aliphatic heterocycles. The van der Waals surface area contributed by atoms with Gasteiger partial charge in [0.25, 0.3) is 5.91 Å². The molecular formula is C24H29N5O. The van der Waals surface area contributed by atoms with E-state index < -0.39 is 0 Å². The minimum Gasteiger partial charge on any atom is -0.334 e. The summed E-state index contributed by atoms with van der Waals surface area (Å²) >= 11 is 0. The first-order valence-corrected chi connectivity index (χ1v) is 11.2. The van der Waals surface area contributed by atoms with E-state index >= 15 is 0 Å². The van der Waals surface area contributed by atoms with E-state index in [1.54, 1.807) is 0 Å². The smallest absolute Gasteiger partial charge is 0.254 e. The first kappa shape index (κ1) is 19.2. The van der Waals surface area contributed by atoms with Crippen molar-refractivity contribution >= 4 is 17.7 Å². The van der Waals surface area contributed by atoms with Crippen LogP contribution in [-0.2, 0) is 0 Å². The van der Waals surface area contributed by atoms with Crippen molar-refractivity contribution in [2.24, 2.45) is 4.99 Å². The van der Waals surface area contributed by atoms with E-state index in [2.05, 4.69) is 26.0 Å². The first-order chi connectivity index (χ1) is 14.8. The molecule has 0 saturated carbocycles. The van der Waals surface area contributed by atoms with E-state index in [9.17, 15) is 4.79 Å². The molecule has 1 atom stereocenters. The predicted octanol–water partition coefficient (Wildman–Crippen LogP) is 3.43. The van der Waals surface area contributed by atoms with Gasteiger partial charge in [0.05, 0.1) is 11.9 Å². The molecule has 0 N–H and O–H groups in total. The maximum absolute atomic E-state index is 13.2. The Labute approximate surface area is 177 Å². The summed E-state index contributed by atoms with van der Waals surface area (Å²) in [5, 5.41) is 4.51. The second-order valence-corrected chi connectivity index (χ2v) is 8.52. The molecular weight excluding hydrogens is 374 g/mol. The minimum absolute atomic E-state index is 0.163. The summed E-state index contributed by atoms with van der Waals surface area (Å²) in [6.45, 7) is 5.11. The van der Waals surface area contributed by atoms with Crippen molar-refractivity contribution in [2.45, 2.75) is 38.1 Å². The molecule has 2 fully saturated rings. The molecule has 0 radical (unpaired) electrons. The molecule has 2 saturated heterocycles. The number of dihydropyridines is 1. The van der Waals surface area contributed by atoms with Gasteiger partial charge in [-0.25, -0.2) is 4.68 Å². The van der Waals surface area contributed by atoms with E-state index in [0.29, 0.717) is 6.04 Å². The van der Waals surface area contributed by atoms with E-state index in [1.807, 2.05) is 47.6 Å². The van der Waals surface area contributed by atoms with Crippen molar-refractivity contribution in [1.29, 1.82) is 0 Å². The van der Waals surface area contributed by atoms with Crippen LogP contribution in [0, 0.1) is 0 Å². The van der Waals surface area contributed by atoms with Gasteiger partial charge in [-0.2, -0.15) is 5.10 Å². The quantitative estimate of drug-likeness (QED) is 0.769. The zero-order chi connectivity index (χ0) is 20.3. The summed E-state index contributed by atoms with van der Waals surface area (Å²) < 4.78 is 1.88. The molecule has 156 valence electrons. The molecule has 0 spiro atoms. The van der Waals surface area contributed by atoms with Crippen molar-refractivity contribution in [3.63, 3.8) is 0 Å². The summed E-state index contributed by atoms with van der Waals surface area (Å²) in [7, 11) is 0. The molecule has 3 aliphatic rings. The molecule has 0 aliphatic carbocycles. The molecule has 30 heavy (non-hydrogen) atoms. The summed E-state index contributed by atoms with van der Waals surface area (Å²) in [6.07, 6.45) is 13.6. The highest BCUT2D eigenvalue weighted by atomic mass is 16.2. The van der Waals surface area contributed by atoms with E-state index in [4.69, 9.17) is 0 Å². The number of carbonyl (C=O) groups excluding carboxylic acids is 1.